The first-order chi connectivity index (χ1) is 10.8. The minimum absolute atomic E-state index is 0.0214. The highest BCUT2D eigenvalue weighted by Gasteiger charge is 2.30. The average Bonchev–Trinajstić information content (AvgIpc) is 3.20. The standard InChI is InChI=1S/C16H20N4OS/c1-2-13-18-19-16(22-13)17-15(21)14(20-10-6-7-11-20)12-8-4-3-5-9-12/h3-5,8-9,14H,2,6-7,10-11H2,1H3,(H,17,19,21)/t14-/m1/s1. The third-order valence-electron chi connectivity index (χ3n) is 3.87. The van der Waals surface area contributed by atoms with Crippen LogP contribution in [0.1, 0.15) is 36.4 Å². The molecule has 3 rings (SSSR count). The number of nitrogens with one attached hydrogen (secondary N) is 1. The first kappa shape index (κ1) is 15.1. The van der Waals surface area contributed by atoms with Crippen molar-refractivity contribution < 1.29 is 4.79 Å². The molecule has 6 heteroatoms. The van der Waals surface area contributed by atoms with Crippen LogP contribution in [0.2, 0.25) is 0 Å². The second-order valence-corrected chi connectivity index (χ2v) is 6.46. The van der Waals surface area contributed by atoms with Gasteiger partial charge in [-0.2, -0.15) is 0 Å². The number of likely N-dealkylation sites (tertiary alicyclic amines) is 1. The molecule has 5 nitrogen and oxygen atoms in total. The van der Waals surface area contributed by atoms with Gasteiger partial charge in [0, 0.05) is 0 Å². The van der Waals surface area contributed by atoms with E-state index in [9.17, 15) is 4.79 Å². The highest BCUT2D eigenvalue weighted by Crippen LogP contribution is 2.27. The van der Waals surface area contributed by atoms with E-state index in [0.29, 0.717) is 5.13 Å². The number of benzene rings is 1. The summed E-state index contributed by atoms with van der Waals surface area (Å²) in [4.78, 5) is 15.0. The van der Waals surface area contributed by atoms with Crippen molar-refractivity contribution in [2.75, 3.05) is 18.4 Å². The van der Waals surface area contributed by atoms with Crippen LogP contribution >= 0.6 is 11.3 Å². The molecule has 1 aliphatic rings. The molecule has 2 heterocycles. The lowest BCUT2D eigenvalue weighted by Gasteiger charge is -2.26. The number of anilines is 1. The monoisotopic (exact) mass is 316 g/mol. The van der Waals surface area contributed by atoms with Crippen molar-refractivity contribution in [2.45, 2.75) is 32.2 Å². The van der Waals surface area contributed by atoms with Gasteiger partial charge in [0.05, 0.1) is 0 Å². The predicted octanol–water partition coefficient (Wildman–Crippen LogP) is 2.88. The quantitative estimate of drug-likeness (QED) is 0.921. The Kier molecular flexibility index (Phi) is 4.80. The summed E-state index contributed by atoms with van der Waals surface area (Å²) in [6.07, 6.45) is 3.13. The second kappa shape index (κ2) is 6.98. The molecule has 0 aliphatic carbocycles. The highest BCUT2D eigenvalue weighted by atomic mass is 32.1. The number of rotatable bonds is 5. The number of carbonyl (C=O) groups excluding carboxylic acids is 1. The Morgan fingerprint density at radius 3 is 2.64 bits per heavy atom. The summed E-state index contributed by atoms with van der Waals surface area (Å²) in [6, 6.07) is 9.70. The molecular weight excluding hydrogens is 296 g/mol. The van der Waals surface area contributed by atoms with Gasteiger partial charge in [-0.3, -0.25) is 15.0 Å². The van der Waals surface area contributed by atoms with Gasteiger partial charge in [-0.15, -0.1) is 10.2 Å². The number of aryl methyl sites for hydroxylation is 1. The summed E-state index contributed by atoms with van der Waals surface area (Å²) in [5.74, 6) is -0.0214. The second-order valence-electron chi connectivity index (χ2n) is 5.40. The fraction of sp³-hybridized carbons (Fsp3) is 0.438. The van der Waals surface area contributed by atoms with Crippen molar-refractivity contribution in [3.63, 3.8) is 0 Å². The molecule has 0 radical (unpaired) electrons. The van der Waals surface area contributed by atoms with Crippen molar-refractivity contribution in [1.82, 2.24) is 15.1 Å². The molecule has 0 unspecified atom stereocenters. The molecule has 1 amide bonds. The Morgan fingerprint density at radius 2 is 2.00 bits per heavy atom. The highest BCUT2D eigenvalue weighted by molar-refractivity contribution is 7.15. The molecule has 2 aromatic rings. The zero-order valence-electron chi connectivity index (χ0n) is 12.7. The van der Waals surface area contributed by atoms with Crippen LogP contribution in [0.5, 0.6) is 0 Å². The van der Waals surface area contributed by atoms with E-state index >= 15 is 0 Å². The summed E-state index contributed by atoms with van der Waals surface area (Å²) < 4.78 is 0. The number of carbonyl (C=O) groups is 1. The van der Waals surface area contributed by atoms with Gasteiger partial charge in [-0.25, -0.2) is 0 Å². The van der Waals surface area contributed by atoms with Crippen molar-refractivity contribution in [2.24, 2.45) is 0 Å². The Hall–Kier alpha value is -1.79. The van der Waals surface area contributed by atoms with E-state index in [0.717, 1.165) is 42.9 Å². The summed E-state index contributed by atoms with van der Waals surface area (Å²) in [5, 5.41) is 12.6. The molecular formula is C16H20N4OS. The summed E-state index contributed by atoms with van der Waals surface area (Å²) in [5.41, 5.74) is 1.03. The number of aromatic nitrogens is 2. The maximum absolute atomic E-state index is 12.8. The molecule has 1 atom stereocenters. The van der Waals surface area contributed by atoms with Crippen LogP contribution < -0.4 is 5.32 Å². The molecule has 22 heavy (non-hydrogen) atoms. The van der Waals surface area contributed by atoms with Crippen LogP contribution in [0, 0.1) is 0 Å². The van der Waals surface area contributed by atoms with Gasteiger partial charge in [0.25, 0.3) is 0 Å². The molecule has 1 aromatic carbocycles. The van der Waals surface area contributed by atoms with Crippen molar-refractivity contribution in [3.05, 3.63) is 40.9 Å². The van der Waals surface area contributed by atoms with Crippen LogP contribution in [-0.2, 0) is 11.2 Å². The van der Waals surface area contributed by atoms with Crippen LogP contribution in [0.3, 0.4) is 0 Å². The fourth-order valence-corrected chi connectivity index (χ4v) is 3.47. The van der Waals surface area contributed by atoms with E-state index in [1.54, 1.807) is 0 Å². The molecule has 0 saturated carbocycles. The SMILES string of the molecule is CCc1nnc(NC(=O)[C@@H](c2ccccc2)N2CCCC2)s1. The van der Waals surface area contributed by atoms with Gasteiger partial charge < -0.3 is 0 Å². The third kappa shape index (κ3) is 3.34. The number of amides is 1. The molecule has 1 saturated heterocycles. The maximum atomic E-state index is 12.8. The predicted molar refractivity (Wildman–Crippen MR) is 87.9 cm³/mol. The third-order valence-corrected chi connectivity index (χ3v) is 4.85. The minimum Gasteiger partial charge on any atom is -0.299 e. The van der Waals surface area contributed by atoms with Crippen molar-refractivity contribution >= 4 is 22.4 Å². The van der Waals surface area contributed by atoms with E-state index in [1.807, 2.05) is 37.3 Å². The molecule has 116 valence electrons. The maximum Gasteiger partial charge on any atom is 0.248 e. The van der Waals surface area contributed by atoms with Crippen molar-refractivity contribution in [1.29, 1.82) is 0 Å². The topological polar surface area (TPSA) is 58.1 Å². The van der Waals surface area contributed by atoms with Crippen molar-refractivity contribution in [3.8, 4) is 0 Å². The Labute approximate surface area is 134 Å². The number of hydrogen-bond donors (Lipinski definition) is 1. The fourth-order valence-electron chi connectivity index (χ4n) is 2.78. The van der Waals surface area contributed by atoms with Gasteiger partial charge in [-0.05, 0) is 37.9 Å². The lowest BCUT2D eigenvalue weighted by atomic mass is 10.1. The Morgan fingerprint density at radius 1 is 1.27 bits per heavy atom. The van der Waals surface area contributed by atoms with E-state index in [1.165, 1.54) is 11.3 Å². The normalized spacial score (nSPS) is 16.6. The van der Waals surface area contributed by atoms with Crippen LogP contribution in [-0.4, -0.2) is 34.1 Å². The lowest BCUT2D eigenvalue weighted by Crippen LogP contribution is -2.35. The van der Waals surface area contributed by atoms with E-state index in [-0.39, 0.29) is 11.9 Å². The van der Waals surface area contributed by atoms with E-state index in [4.69, 9.17) is 0 Å². The molecule has 1 fully saturated rings. The zero-order chi connectivity index (χ0) is 15.4. The summed E-state index contributed by atoms with van der Waals surface area (Å²) >= 11 is 1.44. The van der Waals surface area contributed by atoms with Gasteiger partial charge in [0.15, 0.2) is 0 Å². The van der Waals surface area contributed by atoms with Crippen LogP contribution in [0.25, 0.3) is 0 Å². The largest absolute Gasteiger partial charge is 0.299 e. The summed E-state index contributed by atoms with van der Waals surface area (Å²) in [7, 11) is 0. The van der Waals surface area contributed by atoms with Gasteiger partial charge in [0.2, 0.25) is 11.0 Å². The summed E-state index contributed by atoms with van der Waals surface area (Å²) in [6.45, 7) is 3.95. The zero-order valence-corrected chi connectivity index (χ0v) is 13.5. The first-order valence-corrected chi connectivity index (χ1v) is 8.52. The van der Waals surface area contributed by atoms with E-state index < -0.39 is 0 Å². The number of hydrogen-bond acceptors (Lipinski definition) is 5. The molecule has 0 spiro atoms. The van der Waals surface area contributed by atoms with Crippen LogP contribution in [0.4, 0.5) is 5.13 Å². The number of nitrogens with zero attached hydrogens (tertiary/aromatic N) is 3. The Balaban J connectivity index is 1.80. The van der Waals surface area contributed by atoms with E-state index in [2.05, 4.69) is 20.4 Å². The van der Waals surface area contributed by atoms with Crippen LogP contribution in [0.15, 0.2) is 30.3 Å². The van der Waals surface area contributed by atoms with Gasteiger partial charge in [0.1, 0.15) is 11.0 Å². The minimum atomic E-state index is -0.252. The molecule has 1 aromatic heterocycles. The molecule has 0 bridgehead atoms. The smallest absolute Gasteiger partial charge is 0.248 e. The lowest BCUT2D eigenvalue weighted by molar-refractivity contribution is -0.121. The Bertz CT molecular complexity index is 622. The van der Waals surface area contributed by atoms with Gasteiger partial charge in [-0.1, -0.05) is 48.6 Å². The molecule has 1 aliphatic heterocycles. The average molecular weight is 316 g/mol. The van der Waals surface area contributed by atoms with Gasteiger partial charge >= 0.3 is 0 Å². The first-order valence-electron chi connectivity index (χ1n) is 7.70. The molecule has 1 N–H and O–H groups in total.